The summed E-state index contributed by atoms with van der Waals surface area (Å²) >= 11 is 0. The molecule has 0 unspecified atom stereocenters. The van der Waals surface area contributed by atoms with Gasteiger partial charge in [0, 0.05) is 39.4 Å². The van der Waals surface area contributed by atoms with E-state index in [0.29, 0.717) is 49.7 Å². The van der Waals surface area contributed by atoms with Crippen LogP contribution in [-0.4, -0.2) is 114 Å². The maximum absolute atomic E-state index is 15.3. The number of rotatable bonds is 14. The molecular weight excluding hydrogens is 967 g/mol. The molecule has 0 aromatic heterocycles. The van der Waals surface area contributed by atoms with Gasteiger partial charge in [-0.3, -0.25) is 43.3 Å². The van der Waals surface area contributed by atoms with Gasteiger partial charge < -0.3 is 54.0 Å². The minimum absolute atomic E-state index is 0.00487. The lowest BCUT2D eigenvalue weighted by Crippen LogP contribution is -2.66. The molecule has 2 aliphatic rings. The Hall–Kier alpha value is -7.83. The second kappa shape index (κ2) is 28.2. The summed E-state index contributed by atoms with van der Waals surface area (Å²) in [7, 11) is 1.45. The molecule has 4 aromatic rings. The lowest BCUT2D eigenvalue weighted by atomic mass is 9.73. The molecule has 1 aliphatic heterocycles. The van der Waals surface area contributed by atoms with Crippen LogP contribution in [0.15, 0.2) is 108 Å². The minimum Gasteiger partial charge on any atom is -0.370 e. The van der Waals surface area contributed by atoms with Crippen LogP contribution < -0.4 is 49.1 Å². The Balaban J connectivity index is 1.41. The molecule has 19 nitrogen and oxygen atoms in total. The molecule has 6 rings (SSSR count). The van der Waals surface area contributed by atoms with Gasteiger partial charge in [0.15, 0.2) is 5.96 Å². The summed E-state index contributed by atoms with van der Waals surface area (Å²) < 4.78 is 0. The van der Waals surface area contributed by atoms with Crippen LogP contribution in [0.2, 0.25) is 0 Å². The summed E-state index contributed by atoms with van der Waals surface area (Å²) in [5.74, 6) is -5.38. The number of carbonyl (C=O) groups is 8. The van der Waals surface area contributed by atoms with Crippen LogP contribution in [0.1, 0.15) is 113 Å². The fourth-order valence-electron chi connectivity index (χ4n) is 10.0. The number of likely N-dealkylation sites (N-methyl/N-ethyl adjacent to an activating group) is 1. The minimum atomic E-state index is -1.61. The monoisotopic (exact) mass is 1040 g/mol. The van der Waals surface area contributed by atoms with E-state index in [1.807, 2.05) is 85.8 Å². The number of guanidine groups is 1. The maximum Gasteiger partial charge on any atom is 0.246 e. The molecule has 1 heterocycles. The van der Waals surface area contributed by atoms with Crippen LogP contribution in [0.4, 0.5) is 0 Å². The molecular formula is C57H75N11O8. The number of carbonyl (C=O) groups excluding carboxylic acids is 8. The summed E-state index contributed by atoms with van der Waals surface area (Å²) in [5, 5.41) is 19.1. The zero-order chi connectivity index (χ0) is 54.6. The fraction of sp³-hybridized carbons (Fsp3) is 0.456. The van der Waals surface area contributed by atoms with Gasteiger partial charge in [0.05, 0.1) is 6.42 Å². The van der Waals surface area contributed by atoms with Gasteiger partial charge in [0.25, 0.3) is 0 Å². The van der Waals surface area contributed by atoms with Crippen LogP contribution in [0, 0.1) is 0 Å². The summed E-state index contributed by atoms with van der Waals surface area (Å²) in [6, 6.07) is 25.8. The normalized spacial score (nSPS) is 23.8. The number of unbranched alkanes of at least 4 members (excludes halogenated alkanes) is 1. The largest absolute Gasteiger partial charge is 0.370 e. The van der Waals surface area contributed by atoms with E-state index in [9.17, 15) is 24.0 Å². The number of amides is 8. The molecule has 19 heteroatoms. The van der Waals surface area contributed by atoms with Gasteiger partial charge in [-0.15, -0.1) is 0 Å². The first-order valence-corrected chi connectivity index (χ1v) is 26.5. The second-order valence-corrected chi connectivity index (χ2v) is 20.1. The third-order valence-corrected chi connectivity index (χ3v) is 14.4. The summed E-state index contributed by atoms with van der Waals surface area (Å²) in [4.78, 5) is 120. The Morgan fingerprint density at radius 3 is 2.09 bits per heavy atom. The molecule has 8 amide bonds. The number of aliphatic imine (C=N–C) groups is 1. The summed E-state index contributed by atoms with van der Waals surface area (Å²) in [6.45, 7) is 2.15. The Morgan fingerprint density at radius 1 is 0.724 bits per heavy atom. The SMILES string of the molecule is CCCCC(=O)N[C@H]1CC(=O)NCCCC[C@@H](C(N)=O)NC(=O)[C@H](Cc2ccc3ccccc3c2)N(C)C(=O)[C@H](CCCN=C(N)N)NC(=O)[C@@H](Cc2ccccc2)NC(=O)C2(CCC(c3ccccc3)CC2)NC1=O. The lowest BCUT2D eigenvalue weighted by Gasteiger charge is -2.41. The molecule has 2 fully saturated rings. The van der Waals surface area contributed by atoms with E-state index in [-0.39, 0.29) is 76.3 Å². The van der Waals surface area contributed by atoms with Crippen molar-refractivity contribution in [2.24, 2.45) is 22.2 Å². The smallest absolute Gasteiger partial charge is 0.246 e. The molecule has 0 bridgehead atoms. The van der Waals surface area contributed by atoms with E-state index in [1.165, 1.54) is 11.9 Å². The zero-order valence-corrected chi connectivity index (χ0v) is 43.7. The van der Waals surface area contributed by atoms with E-state index in [2.05, 4.69) is 36.9 Å². The molecule has 5 atom stereocenters. The van der Waals surface area contributed by atoms with E-state index in [0.717, 1.165) is 16.3 Å². The number of hydrogen-bond donors (Lipinski definition) is 9. The van der Waals surface area contributed by atoms with E-state index in [1.54, 1.807) is 24.3 Å². The van der Waals surface area contributed by atoms with Crippen LogP contribution in [0.25, 0.3) is 10.8 Å². The zero-order valence-electron chi connectivity index (χ0n) is 43.7. The first-order valence-electron chi connectivity index (χ1n) is 26.5. The lowest BCUT2D eigenvalue weighted by molar-refractivity contribution is -0.143. The Labute approximate surface area is 444 Å². The van der Waals surface area contributed by atoms with Crippen molar-refractivity contribution >= 4 is 64.0 Å². The Kier molecular flexibility index (Phi) is 21.3. The summed E-state index contributed by atoms with van der Waals surface area (Å²) in [5.41, 5.74) is 18.0. The number of fused-ring (bicyclic) bond motifs is 1. The quantitative estimate of drug-likeness (QED) is 0.0505. The predicted molar refractivity (Wildman–Crippen MR) is 291 cm³/mol. The number of hydrogen-bond acceptors (Lipinski definition) is 9. The Morgan fingerprint density at radius 2 is 1.41 bits per heavy atom. The average Bonchev–Trinajstić information content (AvgIpc) is 3.42. The van der Waals surface area contributed by atoms with Crippen molar-refractivity contribution in [1.82, 2.24) is 36.8 Å². The van der Waals surface area contributed by atoms with Crippen LogP contribution in [0.3, 0.4) is 0 Å². The molecule has 1 saturated heterocycles. The highest BCUT2D eigenvalue weighted by Gasteiger charge is 2.46. The maximum atomic E-state index is 15.3. The van der Waals surface area contributed by atoms with Gasteiger partial charge in [-0.2, -0.15) is 0 Å². The molecule has 1 spiro atoms. The number of benzene rings is 4. The third kappa shape index (κ3) is 16.6. The molecule has 406 valence electrons. The van der Waals surface area contributed by atoms with Crippen LogP contribution in [-0.2, 0) is 51.2 Å². The van der Waals surface area contributed by atoms with Gasteiger partial charge in [0.2, 0.25) is 47.3 Å². The number of nitrogens with zero attached hydrogens (tertiary/aromatic N) is 2. The van der Waals surface area contributed by atoms with Crippen LogP contribution in [0.5, 0.6) is 0 Å². The molecule has 1 saturated carbocycles. The van der Waals surface area contributed by atoms with Gasteiger partial charge in [-0.05, 0) is 97.6 Å². The van der Waals surface area contributed by atoms with Crippen molar-refractivity contribution in [1.29, 1.82) is 0 Å². The summed E-state index contributed by atoms with van der Waals surface area (Å²) in [6.07, 6.45) is 3.14. The molecule has 76 heavy (non-hydrogen) atoms. The van der Waals surface area contributed by atoms with Gasteiger partial charge in [-0.25, -0.2) is 0 Å². The first-order chi connectivity index (χ1) is 36.5. The number of primary amides is 1. The fourth-order valence-corrected chi connectivity index (χ4v) is 10.0. The Bertz CT molecular complexity index is 2670. The number of nitrogens with one attached hydrogen (secondary N) is 6. The van der Waals surface area contributed by atoms with Crippen molar-refractivity contribution < 1.29 is 38.4 Å². The van der Waals surface area contributed by atoms with E-state index < -0.39 is 89.4 Å². The average molecular weight is 1040 g/mol. The van der Waals surface area contributed by atoms with Crippen LogP contribution >= 0.6 is 0 Å². The van der Waals surface area contributed by atoms with Gasteiger partial charge >= 0.3 is 0 Å². The second-order valence-electron chi connectivity index (χ2n) is 20.1. The topological polar surface area (TPSA) is 302 Å². The van der Waals surface area contributed by atoms with Crippen molar-refractivity contribution in [2.75, 3.05) is 20.1 Å². The van der Waals surface area contributed by atoms with Crippen molar-refractivity contribution in [3.8, 4) is 0 Å². The molecule has 1 aliphatic carbocycles. The highest BCUT2D eigenvalue weighted by Crippen LogP contribution is 2.38. The van der Waals surface area contributed by atoms with Crippen molar-refractivity contribution in [3.05, 3.63) is 120 Å². The molecule has 0 radical (unpaired) electrons. The van der Waals surface area contributed by atoms with E-state index in [4.69, 9.17) is 17.2 Å². The molecule has 4 aromatic carbocycles. The van der Waals surface area contributed by atoms with Gasteiger partial charge in [-0.1, -0.05) is 116 Å². The number of nitrogens with two attached hydrogens (primary N) is 3. The first kappa shape index (κ1) is 57.4. The van der Waals surface area contributed by atoms with Gasteiger partial charge in [0.1, 0.15) is 35.7 Å². The van der Waals surface area contributed by atoms with Crippen molar-refractivity contribution in [3.63, 3.8) is 0 Å². The third-order valence-electron chi connectivity index (χ3n) is 14.4. The highest BCUT2D eigenvalue weighted by molar-refractivity contribution is 5.99. The van der Waals surface area contributed by atoms with Crippen molar-refractivity contribution in [2.45, 2.75) is 145 Å². The highest BCUT2D eigenvalue weighted by atomic mass is 16.2. The standard InChI is InChI=1S/C57H75N11O8/c1-3-4-24-48(69)63-46-36-49(70)61-31-14-13-22-43(50(58)71)64-53(74)47(35-38-25-26-40-20-11-12-21-42(40)33-38)68(2)54(75)44(23-15-32-62-56(59)60)65-51(72)45(34-37-16-7-5-8-17-37)66-55(76)57(67-52(46)73)29-27-41(28-30-57)39-18-9-6-10-19-39/h5-12,16-21,25-26,33,41,43-47H,3-4,13-15,22-24,27-32,34-36H2,1-2H3,(H2,58,71)(H,61,70)(H,63,69)(H,64,74)(H,65,72)(H,66,76)(H,67,73)(H4,59,60,62)/t41?,43-,44-,45+,46-,47-,57?/m0/s1. The predicted octanol–water partition coefficient (Wildman–Crippen LogP) is 3.02. The molecule has 12 N–H and O–H groups in total. The van der Waals surface area contributed by atoms with E-state index >= 15 is 14.4 Å².